The molecule has 0 bridgehead atoms. The zero-order valence-corrected chi connectivity index (χ0v) is 8.93. The summed E-state index contributed by atoms with van der Waals surface area (Å²) in [6.45, 7) is 2.03. The Balaban J connectivity index is 2.85. The van der Waals surface area contributed by atoms with E-state index in [1.165, 1.54) is 10.8 Å². The summed E-state index contributed by atoms with van der Waals surface area (Å²) in [6, 6.07) is 1.71. The third-order valence-electron chi connectivity index (χ3n) is 2.15. The lowest BCUT2D eigenvalue weighted by Gasteiger charge is -2.06. The van der Waals surface area contributed by atoms with E-state index in [9.17, 15) is 9.59 Å². The van der Waals surface area contributed by atoms with Crippen molar-refractivity contribution in [2.45, 2.75) is 32.4 Å². The smallest absolute Gasteiger partial charge is 0.328 e. The van der Waals surface area contributed by atoms with Gasteiger partial charge in [-0.15, -0.1) is 0 Å². The van der Waals surface area contributed by atoms with Crippen molar-refractivity contribution in [3.63, 3.8) is 0 Å². The second-order valence-corrected chi connectivity index (χ2v) is 3.60. The zero-order chi connectivity index (χ0) is 12.1. The summed E-state index contributed by atoms with van der Waals surface area (Å²) in [4.78, 5) is 24.5. The van der Waals surface area contributed by atoms with E-state index in [-0.39, 0.29) is 5.56 Å². The van der Waals surface area contributed by atoms with Gasteiger partial charge < -0.3 is 5.11 Å². The largest absolute Gasteiger partial charge is 0.393 e. The second-order valence-electron chi connectivity index (χ2n) is 3.60. The average molecular weight is 223 g/mol. The van der Waals surface area contributed by atoms with Crippen molar-refractivity contribution in [1.29, 1.82) is 5.26 Å². The Morgan fingerprint density at radius 1 is 1.62 bits per heavy atom. The minimum absolute atomic E-state index is 0.0864. The maximum Gasteiger partial charge on any atom is 0.328 e. The lowest BCUT2D eigenvalue weighted by atomic mass is 10.2. The Hall–Kier alpha value is -1.87. The Morgan fingerprint density at radius 2 is 2.31 bits per heavy atom. The van der Waals surface area contributed by atoms with Gasteiger partial charge >= 0.3 is 5.69 Å². The van der Waals surface area contributed by atoms with Crippen molar-refractivity contribution in [3.8, 4) is 6.07 Å². The SMILES string of the molecule is CC(O)CCCn1cc(C#N)c(=O)[nH]c1=O. The quantitative estimate of drug-likeness (QED) is 0.723. The molecule has 1 atom stereocenters. The first kappa shape index (κ1) is 12.2. The van der Waals surface area contributed by atoms with Gasteiger partial charge in [0.2, 0.25) is 0 Å². The molecule has 0 spiro atoms. The standard InChI is InChI=1S/C10H13N3O3/c1-7(14)3-2-4-13-6-8(5-11)9(15)12-10(13)16/h6-7,14H,2-4H2,1H3,(H,12,15,16). The van der Waals surface area contributed by atoms with Crippen molar-refractivity contribution in [2.24, 2.45) is 0 Å². The molecule has 0 radical (unpaired) electrons. The van der Waals surface area contributed by atoms with Crippen molar-refractivity contribution in [1.82, 2.24) is 9.55 Å². The molecule has 0 amide bonds. The van der Waals surface area contributed by atoms with Gasteiger partial charge in [0.15, 0.2) is 0 Å². The summed E-state index contributed by atoms with van der Waals surface area (Å²) in [5.41, 5.74) is -1.29. The Labute approximate surface area is 91.8 Å². The summed E-state index contributed by atoms with van der Waals surface area (Å²) < 4.78 is 1.27. The van der Waals surface area contributed by atoms with Crippen LogP contribution in [-0.2, 0) is 6.54 Å². The monoisotopic (exact) mass is 223 g/mol. The molecule has 0 saturated carbocycles. The predicted octanol–water partition coefficient (Wildman–Crippen LogP) is -0.431. The van der Waals surface area contributed by atoms with Gasteiger partial charge in [-0.25, -0.2) is 4.79 Å². The van der Waals surface area contributed by atoms with Crippen LogP contribution in [0.3, 0.4) is 0 Å². The van der Waals surface area contributed by atoms with Gasteiger partial charge in [0.05, 0.1) is 6.10 Å². The molecule has 16 heavy (non-hydrogen) atoms. The molecule has 1 aromatic heterocycles. The van der Waals surface area contributed by atoms with Crippen LogP contribution < -0.4 is 11.2 Å². The fraction of sp³-hybridized carbons (Fsp3) is 0.500. The van der Waals surface area contributed by atoms with Gasteiger partial charge in [-0.2, -0.15) is 5.26 Å². The van der Waals surface area contributed by atoms with E-state index in [0.29, 0.717) is 19.4 Å². The lowest BCUT2D eigenvalue weighted by molar-refractivity contribution is 0.179. The van der Waals surface area contributed by atoms with Gasteiger partial charge in [0.25, 0.3) is 5.56 Å². The Morgan fingerprint density at radius 3 is 2.88 bits per heavy atom. The molecular weight excluding hydrogens is 210 g/mol. The van der Waals surface area contributed by atoms with Gasteiger partial charge in [0, 0.05) is 12.7 Å². The van der Waals surface area contributed by atoms with Crippen LogP contribution in [0.5, 0.6) is 0 Å². The van der Waals surface area contributed by atoms with Crippen LogP contribution in [0, 0.1) is 11.3 Å². The van der Waals surface area contributed by atoms with Crippen molar-refractivity contribution in [2.75, 3.05) is 0 Å². The van der Waals surface area contributed by atoms with Crippen LogP contribution in [0.2, 0.25) is 0 Å². The molecule has 1 aromatic rings. The number of H-pyrrole nitrogens is 1. The van der Waals surface area contributed by atoms with Crippen LogP contribution in [0.1, 0.15) is 25.3 Å². The first-order valence-electron chi connectivity index (χ1n) is 4.96. The van der Waals surface area contributed by atoms with Gasteiger partial charge in [-0.3, -0.25) is 14.3 Å². The summed E-state index contributed by atoms with van der Waals surface area (Å²) >= 11 is 0. The van der Waals surface area contributed by atoms with E-state index in [2.05, 4.69) is 4.98 Å². The molecule has 0 aliphatic rings. The fourth-order valence-electron chi connectivity index (χ4n) is 1.31. The molecule has 1 heterocycles. The van der Waals surface area contributed by atoms with Crippen LogP contribution in [0.25, 0.3) is 0 Å². The summed E-state index contributed by atoms with van der Waals surface area (Å²) in [5.74, 6) is 0. The first-order chi connectivity index (χ1) is 7.54. The third-order valence-corrected chi connectivity index (χ3v) is 2.15. The topological polar surface area (TPSA) is 98.9 Å². The highest BCUT2D eigenvalue weighted by Gasteiger charge is 2.04. The summed E-state index contributed by atoms with van der Waals surface area (Å²) in [6.07, 6.45) is 1.99. The second kappa shape index (κ2) is 5.28. The van der Waals surface area contributed by atoms with Crippen molar-refractivity contribution in [3.05, 3.63) is 32.6 Å². The summed E-state index contributed by atoms with van der Waals surface area (Å²) in [5, 5.41) is 17.7. The molecule has 0 aromatic carbocycles. The Bertz CT molecular complexity index is 507. The van der Waals surface area contributed by atoms with E-state index in [0.717, 1.165) is 0 Å². The molecule has 0 fully saturated rings. The van der Waals surface area contributed by atoms with E-state index < -0.39 is 17.4 Å². The Kier molecular flexibility index (Phi) is 4.03. The first-order valence-corrected chi connectivity index (χ1v) is 4.96. The van der Waals surface area contributed by atoms with Crippen molar-refractivity contribution < 1.29 is 5.11 Å². The number of aryl methyl sites for hydroxylation is 1. The normalized spacial score (nSPS) is 12.1. The zero-order valence-electron chi connectivity index (χ0n) is 8.93. The highest BCUT2D eigenvalue weighted by molar-refractivity contribution is 5.21. The van der Waals surface area contributed by atoms with E-state index in [1.807, 2.05) is 0 Å². The van der Waals surface area contributed by atoms with E-state index >= 15 is 0 Å². The maximum atomic E-state index is 11.3. The van der Waals surface area contributed by atoms with Crippen molar-refractivity contribution >= 4 is 0 Å². The highest BCUT2D eigenvalue weighted by Crippen LogP contribution is 1.97. The molecule has 6 heteroatoms. The van der Waals surface area contributed by atoms with Gasteiger partial charge in [-0.05, 0) is 19.8 Å². The van der Waals surface area contributed by atoms with E-state index in [4.69, 9.17) is 10.4 Å². The predicted molar refractivity (Wildman–Crippen MR) is 57.0 cm³/mol. The van der Waals surface area contributed by atoms with Crippen LogP contribution in [-0.4, -0.2) is 20.8 Å². The van der Waals surface area contributed by atoms with E-state index in [1.54, 1.807) is 13.0 Å². The number of nitrogens with one attached hydrogen (secondary N) is 1. The van der Waals surface area contributed by atoms with Gasteiger partial charge in [0.1, 0.15) is 11.6 Å². The fourth-order valence-corrected chi connectivity index (χ4v) is 1.31. The number of aromatic nitrogens is 2. The molecule has 6 nitrogen and oxygen atoms in total. The molecule has 0 saturated heterocycles. The lowest BCUT2D eigenvalue weighted by Crippen LogP contribution is -2.31. The molecular formula is C10H13N3O3. The molecule has 2 N–H and O–H groups in total. The van der Waals surface area contributed by atoms with Crippen LogP contribution in [0.15, 0.2) is 15.8 Å². The van der Waals surface area contributed by atoms with Gasteiger partial charge in [-0.1, -0.05) is 0 Å². The number of rotatable bonds is 4. The molecule has 1 rings (SSSR count). The number of hydrogen-bond acceptors (Lipinski definition) is 4. The number of nitriles is 1. The minimum Gasteiger partial charge on any atom is -0.393 e. The number of nitrogens with zero attached hydrogens (tertiary/aromatic N) is 2. The minimum atomic E-state index is -0.667. The average Bonchev–Trinajstić information content (AvgIpc) is 2.20. The van der Waals surface area contributed by atoms with Crippen LogP contribution in [0.4, 0.5) is 0 Å². The molecule has 1 unspecified atom stereocenters. The number of aliphatic hydroxyl groups is 1. The van der Waals surface area contributed by atoms with Crippen LogP contribution >= 0.6 is 0 Å². The summed E-state index contributed by atoms with van der Waals surface area (Å²) in [7, 11) is 0. The number of hydrogen-bond donors (Lipinski definition) is 2. The molecule has 0 aliphatic heterocycles. The molecule has 0 aliphatic carbocycles. The highest BCUT2D eigenvalue weighted by atomic mass is 16.3. The number of aliphatic hydroxyl groups excluding tert-OH is 1. The number of aromatic amines is 1. The third kappa shape index (κ3) is 3.07. The molecule has 86 valence electrons. The maximum absolute atomic E-state index is 11.3.